The van der Waals surface area contributed by atoms with Gasteiger partial charge in [-0.1, -0.05) is 19.3 Å². The van der Waals surface area contributed by atoms with Gasteiger partial charge in [-0.3, -0.25) is 9.55 Å². The summed E-state index contributed by atoms with van der Waals surface area (Å²) in [5.41, 5.74) is 4.79. The highest BCUT2D eigenvalue weighted by Crippen LogP contribution is 2.37. The normalized spacial score (nSPS) is 15.6. The van der Waals surface area contributed by atoms with Crippen LogP contribution in [0.3, 0.4) is 0 Å². The van der Waals surface area contributed by atoms with Crippen LogP contribution in [0.15, 0.2) is 24.3 Å². The van der Waals surface area contributed by atoms with Crippen LogP contribution in [0.2, 0.25) is 0 Å². The summed E-state index contributed by atoms with van der Waals surface area (Å²) >= 11 is 0. The zero-order valence-electron chi connectivity index (χ0n) is 16.4. The molecule has 1 aromatic heterocycles. The minimum Gasteiger partial charge on any atom is -0.506 e. The predicted octanol–water partition coefficient (Wildman–Crippen LogP) is 4.56. The number of aryl methyl sites for hydroxylation is 2. The SMILES string of the molecule is Cc1cc(OCP(=O)(O)O)cc(C)c1Cc1ccc(O)c(C2CCCCC2)n1. The number of hydrogen-bond donors (Lipinski definition) is 3. The Hall–Kier alpha value is -1.88. The lowest BCUT2D eigenvalue weighted by Gasteiger charge is -2.22. The van der Waals surface area contributed by atoms with E-state index in [0.29, 0.717) is 18.1 Å². The Morgan fingerprint density at radius 2 is 1.75 bits per heavy atom. The molecule has 3 rings (SSSR count). The average molecular weight is 405 g/mol. The van der Waals surface area contributed by atoms with Crippen LogP contribution in [-0.2, 0) is 11.0 Å². The zero-order valence-corrected chi connectivity index (χ0v) is 17.3. The maximum absolute atomic E-state index is 11.0. The highest BCUT2D eigenvalue weighted by atomic mass is 31.2. The van der Waals surface area contributed by atoms with Crippen LogP contribution in [0.4, 0.5) is 0 Å². The summed E-state index contributed by atoms with van der Waals surface area (Å²) in [6, 6.07) is 7.19. The van der Waals surface area contributed by atoms with Gasteiger partial charge in [-0.05, 0) is 67.6 Å². The summed E-state index contributed by atoms with van der Waals surface area (Å²) in [6.07, 6.45) is 5.79. The summed E-state index contributed by atoms with van der Waals surface area (Å²) in [4.78, 5) is 22.7. The maximum Gasteiger partial charge on any atom is 0.362 e. The third-order valence-electron chi connectivity index (χ3n) is 5.38. The van der Waals surface area contributed by atoms with Gasteiger partial charge in [-0.25, -0.2) is 0 Å². The Bertz CT molecular complexity index is 863. The molecule has 1 aliphatic rings. The molecule has 1 heterocycles. The fraction of sp³-hybridized carbons (Fsp3) is 0.476. The molecule has 6 nitrogen and oxygen atoms in total. The van der Waals surface area contributed by atoms with Crippen molar-refractivity contribution in [2.24, 2.45) is 0 Å². The van der Waals surface area contributed by atoms with Crippen LogP contribution < -0.4 is 4.74 Å². The van der Waals surface area contributed by atoms with Gasteiger partial charge in [0.25, 0.3) is 0 Å². The fourth-order valence-corrected chi connectivity index (χ4v) is 4.26. The van der Waals surface area contributed by atoms with Crippen molar-refractivity contribution in [3.8, 4) is 11.5 Å². The van der Waals surface area contributed by atoms with Crippen molar-refractivity contribution >= 4 is 7.60 Å². The number of aromatic nitrogens is 1. The van der Waals surface area contributed by atoms with Crippen molar-refractivity contribution in [2.45, 2.75) is 58.3 Å². The van der Waals surface area contributed by atoms with E-state index in [0.717, 1.165) is 40.9 Å². The fourth-order valence-electron chi connectivity index (χ4n) is 3.94. The Morgan fingerprint density at radius 1 is 1.11 bits per heavy atom. The molecule has 152 valence electrons. The van der Waals surface area contributed by atoms with E-state index in [1.54, 1.807) is 18.2 Å². The van der Waals surface area contributed by atoms with E-state index >= 15 is 0 Å². The molecule has 3 N–H and O–H groups in total. The van der Waals surface area contributed by atoms with Crippen molar-refractivity contribution in [2.75, 3.05) is 6.35 Å². The first-order valence-corrected chi connectivity index (χ1v) is 11.5. The average Bonchev–Trinajstić information content (AvgIpc) is 2.64. The van der Waals surface area contributed by atoms with Crippen LogP contribution >= 0.6 is 7.60 Å². The largest absolute Gasteiger partial charge is 0.506 e. The summed E-state index contributed by atoms with van der Waals surface area (Å²) in [6.45, 7) is 3.91. The van der Waals surface area contributed by atoms with Gasteiger partial charge in [0, 0.05) is 18.0 Å². The predicted molar refractivity (Wildman–Crippen MR) is 108 cm³/mol. The van der Waals surface area contributed by atoms with E-state index < -0.39 is 13.9 Å². The molecule has 1 fully saturated rings. The minimum atomic E-state index is -4.21. The number of ether oxygens (including phenoxy) is 1. The van der Waals surface area contributed by atoms with Crippen LogP contribution in [0.5, 0.6) is 11.5 Å². The van der Waals surface area contributed by atoms with Gasteiger partial charge < -0.3 is 19.6 Å². The molecule has 7 heteroatoms. The topological polar surface area (TPSA) is 99.9 Å². The smallest absolute Gasteiger partial charge is 0.362 e. The third-order valence-corrected chi connectivity index (χ3v) is 5.84. The van der Waals surface area contributed by atoms with E-state index in [2.05, 4.69) is 0 Å². The third kappa shape index (κ3) is 5.34. The molecule has 0 bridgehead atoms. The van der Waals surface area contributed by atoms with Crippen LogP contribution in [0.25, 0.3) is 0 Å². The molecule has 1 saturated carbocycles. The Balaban J connectivity index is 1.80. The first-order chi connectivity index (χ1) is 13.2. The van der Waals surface area contributed by atoms with E-state index in [4.69, 9.17) is 19.5 Å². The molecular formula is C21H28NO5P. The second-order valence-corrected chi connectivity index (χ2v) is 9.28. The second-order valence-electron chi connectivity index (χ2n) is 7.69. The highest BCUT2D eigenvalue weighted by Gasteiger charge is 2.21. The quantitative estimate of drug-likeness (QED) is 0.610. The number of benzene rings is 1. The van der Waals surface area contributed by atoms with Crippen molar-refractivity contribution < 1.29 is 24.2 Å². The van der Waals surface area contributed by atoms with Gasteiger partial charge in [0.15, 0.2) is 6.35 Å². The van der Waals surface area contributed by atoms with Gasteiger partial charge in [0.05, 0.1) is 5.69 Å². The number of aromatic hydroxyl groups is 1. The van der Waals surface area contributed by atoms with Crippen LogP contribution in [0, 0.1) is 13.8 Å². The van der Waals surface area contributed by atoms with E-state index in [1.165, 1.54) is 19.3 Å². The number of pyridine rings is 1. The van der Waals surface area contributed by atoms with Gasteiger partial charge in [-0.2, -0.15) is 0 Å². The van der Waals surface area contributed by atoms with Gasteiger partial charge in [0.2, 0.25) is 0 Å². The number of rotatable bonds is 6. The first kappa shape index (κ1) is 20.8. The molecule has 1 aromatic carbocycles. The molecular weight excluding hydrogens is 377 g/mol. The second kappa shape index (κ2) is 8.64. The summed E-state index contributed by atoms with van der Waals surface area (Å²) < 4.78 is 16.3. The molecule has 0 spiro atoms. The summed E-state index contributed by atoms with van der Waals surface area (Å²) in [5.74, 6) is 1.06. The highest BCUT2D eigenvalue weighted by molar-refractivity contribution is 7.51. The summed E-state index contributed by atoms with van der Waals surface area (Å²) in [7, 11) is -4.21. The van der Waals surface area contributed by atoms with Crippen molar-refractivity contribution in [3.05, 3.63) is 52.3 Å². The summed E-state index contributed by atoms with van der Waals surface area (Å²) in [5, 5.41) is 10.3. The van der Waals surface area contributed by atoms with Crippen molar-refractivity contribution in [1.82, 2.24) is 4.98 Å². The number of nitrogens with zero attached hydrogens (tertiary/aromatic N) is 1. The van der Waals surface area contributed by atoms with E-state index in [-0.39, 0.29) is 5.75 Å². The monoisotopic (exact) mass is 405 g/mol. The lowest BCUT2D eigenvalue weighted by atomic mass is 9.86. The minimum absolute atomic E-state index is 0.283. The molecule has 1 aliphatic carbocycles. The van der Waals surface area contributed by atoms with Gasteiger partial charge in [-0.15, -0.1) is 0 Å². The Labute approximate surface area is 165 Å². The molecule has 0 atom stereocenters. The van der Waals surface area contributed by atoms with Gasteiger partial charge in [0.1, 0.15) is 11.5 Å². The van der Waals surface area contributed by atoms with Crippen LogP contribution in [-0.4, -0.2) is 26.2 Å². The Morgan fingerprint density at radius 3 is 2.36 bits per heavy atom. The van der Waals surface area contributed by atoms with Crippen molar-refractivity contribution in [3.63, 3.8) is 0 Å². The molecule has 0 unspecified atom stereocenters. The molecule has 0 amide bonds. The molecule has 0 saturated heterocycles. The lowest BCUT2D eigenvalue weighted by Crippen LogP contribution is -2.09. The zero-order chi connectivity index (χ0) is 20.3. The van der Waals surface area contributed by atoms with Crippen molar-refractivity contribution in [1.29, 1.82) is 0 Å². The van der Waals surface area contributed by atoms with E-state index in [1.807, 2.05) is 19.9 Å². The van der Waals surface area contributed by atoms with Crippen LogP contribution in [0.1, 0.15) is 66.1 Å². The molecule has 2 aromatic rings. The number of hydrogen-bond acceptors (Lipinski definition) is 4. The molecule has 28 heavy (non-hydrogen) atoms. The molecule has 0 aliphatic heterocycles. The standard InChI is InChI=1S/C21H28NO5P/c1-14-10-18(27-13-28(24,25)26)11-15(2)19(14)12-17-8-9-20(23)21(22-17)16-6-4-3-5-7-16/h8-11,16,23H,3-7,12-13H2,1-2H3,(H2,24,25,26). The maximum atomic E-state index is 11.0. The molecule has 0 radical (unpaired) electrons. The lowest BCUT2D eigenvalue weighted by molar-refractivity contribution is 0.300. The first-order valence-electron chi connectivity index (χ1n) is 9.69. The van der Waals surface area contributed by atoms with Gasteiger partial charge >= 0.3 is 7.60 Å². The Kier molecular flexibility index (Phi) is 6.43. The van der Waals surface area contributed by atoms with E-state index in [9.17, 15) is 9.67 Å².